The third kappa shape index (κ3) is 4.27. The van der Waals surface area contributed by atoms with Crippen molar-refractivity contribution in [3.8, 4) is 16.5 Å². The number of thiazole rings is 1. The van der Waals surface area contributed by atoms with Crippen LogP contribution < -0.4 is 15.0 Å². The van der Waals surface area contributed by atoms with E-state index in [4.69, 9.17) is 4.74 Å². The molecule has 1 fully saturated rings. The molecule has 3 heterocycles. The first-order valence-corrected chi connectivity index (χ1v) is 10.2. The van der Waals surface area contributed by atoms with Crippen LogP contribution in [0.15, 0.2) is 48.0 Å². The third-order valence-electron chi connectivity index (χ3n) is 4.61. The van der Waals surface area contributed by atoms with Gasteiger partial charge in [-0.1, -0.05) is 6.07 Å². The standard InChI is InChI=1S/C21H20N4O3S/c1-28-18-11-14(7-8-17(18)25-10-4-6-20(25)27)23-19(26)12-15-13-29-21(24-15)16-5-2-3-9-22-16/h2-3,5,7-9,11,13H,4,6,10,12H2,1H3,(H,23,26). The molecule has 1 saturated heterocycles. The number of amides is 2. The van der Waals surface area contributed by atoms with Gasteiger partial charge < -0.3 is 15.0 Å². The molecular formula is C21H20N4O3S. The molecule has 2 amide bonds. The molecule has 0 unspecified atom stereocenters. The Morgan fingerprint density at radius 1 is 1.31 bits per heavy atom. The average Bonchev–Trinajstić information content (AvgIpc) is 3.37. The van der Waals surface area contributed by atoms with E-state index in [0.29, 0.717) is 30.1 Å². The van der Waals surface area contributed by atoms with E-state index in [9.17, 15) is 9.59 Å². The van der Waals surface area contributed by atoms with Gasteiger partial charge in [-0.3, -0.25) is 14.6 Å². The molecule has 3 aromatic rings. The highest BCUT2D eigenvalue weighted by molar-refractivity contribution is 7.13. The van der Waals surface area contributed by atoms with Crippen LogP contribution in [0.25, 0.3) is 10.7 Å². The Balaban J connectivity index is 1.43. The summed E-state index contributed by atoms with van der Waals surface area (Å²) in [6.07, 6.45) is 3.28. The maximum absolute atomic E-state index is 12.5. The summed E-state index contributed by atoms with van der Waals surface area (Å²) in [4.78, 5) is 35.0. The molecule has 0 saturated carbocycles. The number of methoxy groups -OCH3 is 1. The van der Waals surface area contributed by atoms with Crippen LogP contribution in [-0.2, 0) is 16.0 Å². The molecule has 1 N–H and O–H groups in total. The number of hydrogen-bond acceptors (Lipinski definition) is 6. The predicted octanol–water partition coefficient (Wildman–Crippen LogP) is 3.52. The number of carbonyl (C=O) groups excluding carboxylic acids is 2. The fourth-order valence-corrected chi connectivity index (χ4v) is 4.04. The average molecular weight is 408 g/mol. The van der Waals surface area contributed by atoms with Crippen LogP contribution in [0.3, 0.4) is 0 Å². The minimum Gasteiger partial charge on any atom is -0.494 e. The second-order valence-corrected chi connectivity index (χ2v) is 7.48. The second kappa shape index (κ2) is 8.40. The van der Waals surface area contributed by atoms with Crippen LogP contribution in [-0.4, -0.2) is 35.4 Å². The van der Waals surface area contributed by atoms with Gasteiger partial charge in [-0.15, -0.1) is 11.3 Å². The van der Waals surface area contributed by atoms with Gasteiger partial charge >= 0.3 is 0 Å². The van der Waals surface area contributed by atoms with Gasteiger partial charge in [-0.05, 0) is 30.7 Å². The summed E-state index contributed by atoms with van der Waals surface area (Å²) in [6.45, 7) is 0.684. The summed E-state index contributed by atoms with van der Waals surface area (Å²) in [6, 6.07) is 11.0. The van der Waals surface area contributed by atoms with E-state index in [-0.39, 0.29) is 18.2 Å². The van der Waals surface area contributed by atoms with Gasteiger partial charge in [-0.2, -0.15) is 0 Å². The van der Waals surface area contributed by atoms with Crippen molar-refractivity contribution in [2.45, 2.75) is 19.3 Å². The molecule has 0 aliphatic carbocycles. The summed E-state index contributed by atoms with van der Waals surface area (Å²) in [5, 5.41) is 5.52. The van der Waals surface area contributed by atoms with Crippen molar-refractivity contribution in [1.29, 1.82) is 0 Å². The number of nitrogens with one attached hydrogen (secondary N) is 1. The zero-order valence-corrected chi connectivity index (χ0v) is 16.7. The fourth-order valence-electron chi connectivity index (χ4n) is 3.25. The van der Waals surface area contributed by atoms with E-state index >= 15 is 0 Å². The normalized spacial score (nSPS) is 13.6. The quantitative estimate of drug-likeness (QED) is 0.675. The number of anilines is 2. The molecule has 0 radical (unpaired) electrons. The van der Waals surface area contributed by atoms with Gasteiger partial charge in [-0.25, -0.2) is 4.98 Å². The lowest BCUT2D eigenvalue weighted by Gasteiger charge is -2.19. The molecule has 1 aliphatic heterocycles. The number of rotatable bonds is 6. The Morgan fingerprint density at radius 3 is 2.93 bits per heavy atom. The van der Waals surface area contributed by atoms with Crippen molar-refractivity contribution in [1.82, 2.24) is 9.97 Å². The van der Waals surface area contributed by atoms with Gasteiger partial charge in [0.05, 0.1) is 30.6 Å². The van der Waals surface area contributed by atoms with E-state index < -0.39 is 0 Å². The van der Waals surface area contributed by atoms with Crippen molar-refractivity contribution in [3.63, 3.8) is 0 Å². The maximum Gasteiger partial charge on any atom is 0.230 e. The maximum atomic E-state index is 12.5. The van der Waals surface area contributed by atoms with Crippen molar-refractivity contribution in [2.75, 3.05) is 23.9 Å². The van der Waals surface area contributed by atoms with Crippen LogP contribution in [0.2, 0.25) is 0 Å². The lowest BCUT2D eigenvalue weighted by Crippen LogP contribution is -2.24. The molecule has 148 valence electrons. The van der Waals surface area contributed by atoms with E-state index in [1.807, 2.05) is 23.6 Å². The van der Waals surface area contributed by atoms with Crippen LogP contribution in [0, 0.1) is 0 Å². The van der Waals surface area contributed by atoms with Gasteiger partial charge in [0, 0.05) is 36.3 Å². The summed E-state index contributed by atoms with van der Waals surface area (Å²) in [5.74, 6) is 0.478. The molecule has 0 spiro atoms. The monoisotopic (exact) mass is 408 g/mol. The van der Waals surface area contributed by atoms with Gasteiger partial charge in [0.1, 0.15) is 10.8 Å². The van der Waals surface area contributed by atoms with Gasteiger partial charge in [0.25, 0.3) is 0 Å². The first kappa shape index (κ1) is 19.1. The smallest absolute Gasteiger partial charge is 0.230 e. The number of ether oxygens (including phenoxy) is 1. The Morgan fingerprint density at radius 2 is 2.21 bits per heavy atom. The first-order valence-electron chi connectivity index (χ1n) is 9.28. The molecule has 0 atom stereocenters. The Kier molecular flexibility index (Phi) is 5.53. The number of aromatic nitrogens is 2. The Bertz CT molecular complexity index is 1040. The van der Waals surface area contributed by atoms with Crippen molar-refractivity contribution in [3.05, 3.63) is 53.7 Å². The predicted molar refractivity (Wildman–Crippen MR) is 112 cm³/mol. The number of hydrogen-bond donors (Lipinski definition) is 1. The van der Waals surface area contributed by atoms with E-state index in [1.165, 1.54) is 11.3 Å². The fraction of sp³-hybridized carbons (Fsp3) is 0.238. The summed E-state index contributed by atoms with van der Waals surface area (Å²) >= 11 is 1.46. The van der Waals surface area contributed by atoms with Crippen LogP contribution in [0.5, 0.6) is 5.75 Å². The lowest BCUT2D eigenvalue weighted by molar-refractivity contribution is -0.117. The third-order valence-corrected chi connectivity index (χ3v) is 5.52. The lowest BCUT2D eigenvalue weighted by atomic mass is 10.2. The van der Waals surface area contributed by atoms with Crippen molar-refractivity contribution in [2.24, 2.45) is 0 Å². The van der Waals surface area contributed by atoms with Crippen molar-refractivity contribution >= 4 is 34.5 Å². The molecule has 0 bridgehead atoms. The molecule has 1 aliphatic rings. The Labute approximate surface area is 172 Å². The van der Waals surface area contributed by atoms with Crippen LogP contribution in [0.4, 0.5) is 11.4 Å². The summed E-state index contributed by atoms with van der Waals surface area (Å²) < 4.78 is 5.44. The van der Waals surface area contributed by atoms with E-state index in [0.717, 1.165) is 22.8 Å². The molecule has 2 aromatic heterocycles. The van der Waals surface area contributed by atoms with Gasteiger partial charge in [0.2, 0.25) is 11.8 Å². The zero-order chi connectivity index (χ0) is 20.2. The van der Waals surface area contributed by atoms with Crippen LogP contribution in [0.1, 0.15) is 18.5 Å². The molecule has 1 aromatic carbocycles. The molecule has 7 nitrogen and oxygen atoms in total. The second-order valence-electron chi connectivity index (χ2n) is 6.62. The zero-order valence-electron chi connectivity index (χ0n) is 15.9. The molecule has 29 heavy (non-hydrogen) atoms. The number of pyridine rings is 1. The number of carbonyl (C=O) groups is 2. The summed E-state index contributed by atoms with van der Waals surface area (Å²) in [5.41, 5.74) is 2.83. The Hall–Kier alpha value is -3.26. The van der Waals surface area contributed by atoms with Gasteiger partial charge in [0.15, 0.2) is 0 Å². The summed E-state index contributed by atoms with van der Waals surface area (Å²) in [7, 11) is 1.55. The van der Waals surface area contributed by atoms with Crippen LogP contribution >= 0.6 is 11.3 Å². The number of benzene rings is 1. The molecular weight excluding hydrogens is 388 g/mol. The largest absolute Gasteiger partial charge is 0.494 e. The molecule has 8 heteroatoms. The highest BCUT2D eigenvalue weighted by Crippen LogP contribution is 2.34. The number of nitrogens with zero attached hydrogens (tertiary/aromatic N) is 3. The van der Waals surface area contributed by atoms with Crippen molar-refractivity contribution < 1.29 is 14.3 Å². The highest BCUT2D eigenvalue weighted by atomic mass is 32.1. The highest BCUT2D eigenvalue weighted by Gasteiger charge is 2.24. The van der Waals surface area contributed by atoms with E-state index in [1.54, 1.807) is 36.4 Å². The topological polar surface area (TPSA) is 84.4 Å². The van der Waals surface area contributed by atoms with E-state index in [2.05, 4.69) is 15.3 Å². The minimum atomic E-state index is -0.171. The SMILES string of the molecule is COc1cc(NC(=O)Cc2csc(-c3ccccn3)n2)ccc1N1CCCC1=O. The first-order chi connectivity index (χ1) is 14.1. The minimum absolute atomic E-state index is 0.0901. The molecule has 4 rings (SSSR count).